The Labute approximate surface area is 88.2 Å². The van der Waals surface area contributed by atoms with Gasteiger partial charge in [-0.25, -0.2) is 9.97 Å². The summed E-state index contributed by atoms with van der Waals surface area (Å²) in [6.07, 6.45) is 7.69. The Kier molecular flexibility index (Phi) is 2.99. The van der Waals surface area contributed by atoms with Gasteiger partial charge in [-0.15, -0.1) is 0 Å². The summed E-state index contributed by atoms with van der Waals surface area (Å²) in [7, 11) is 0. The molecule has 0 aliphatic rings. The van der Waals surface area contributed by atoms with Crippen LogP contribution in [0, 0.1) is 0 Å². The smallest absolute Gasteiger partial charge is 0.116 e. The van der Waals surface area contributed by atoms with Crippen LogP contribution in [0.25, 0.3) is 11.3 Å². The second-order valence-corrected chi connectivity index (χ2v) is 3.17. The Morgan fingerprint density at radius 2 is 2.00 bits per heavy atom. The summed E-state index contributed by atoms with van der Waals surface area (Å²) in [5.41, 5.74) is 8.66. The van der Waals surface area contributed by atoms with Crippen molar-refractivity contribution in [3.63, 3.8) is 0 Å². The zero-order valence-corrected chi connectivity index (χ0v) is 8.30. The minimum Gasteiger partial charge on any atom is -0.330 e. The highest BCUT2D eigenvalue weighted by atomic mass is 14.8. The topological polar surface area (TPSA) is 64.7 Å². The molecule has 2 aromatic heterocycles. The van der Waals surface area contributed by atoms with Gasteiger partial charge in [0, 0.05) is 24.2 Å². The van der Waals surface area contributed by atoms with Crippen molar-refractivity contribution < 1.29 is 0 Å². The summed E-state index contributed by atoms with van der Waals surface area (Å²) in [5.74, 6) is 0. The summed E-state index contributed by atoms with van der Waals surface area (Å²) in [6.45, 7) is 0.615. The maximum Gasteiger partial charge on any atom is 0.116 e. The van der Waals surface area contributed by atoms with Crippen LogP contribution in [-0.4, -0.2) is 21.5 Å². The van der Waals surface area contributed by atoms with Crippen LogP contribution in [-0.2, 0) is 6.42 Å². The van der Waals surface area contributed by atoms with Crippen molar-refractivity contribution >= 4 is 0 Å². The van der Waals surface area contributed by atoms with E-state index in [1.807, 2.05) is 18.3 Å². The molecule has 76 valence electrons. The monoisotopic (exact) mass is 200 g/mol. The van der Waals surface area contributed by atoms with Crippen LogP contribution in [0.15, 0.2) is 37.1 Å². The molecular formula is C11H12N4. The van der Waals surface area contributed by atoms with Crippen molar-refractivity contribution in [2.24, 2.45) is 5.73 Å². The molecule has 2 aromatic rings. The van der Waals surface area contributed by atoms with Gasteiger partial charge in [0.2, 0.25) is 0 Å². The lowest BCUT2D eigenvalue weighted by atomic mass is 10.0. The number of nitrogens with zero attached hydrogens (tertiary/aromatic N) is 3. The van der Waals surface area contributed by atoms with Crippen molar-refractivity contribution in [1.29, 1.82) is 0 Å². The first kappa shape index (κ1) is 9.73. The summed E-state index contributed by atoms with van der Waals surface area (Å²) in [5, 5.41) is 0. The predicted octanol–water partition coefficient (Wildman–Crippen LogP) is 1.04. The zero-order valence-electron chi connectivity index (χ0n) is 8.30. The normalized spacial score (nSPS) is 10.2. The van der Waals surface area contributed by atoms with E-state index < -0.39 is 0 Å². The summed E-state index contributed by atoms with van der Waals surface area (Å²) >= 11 is 0. The third-order valence-electron chi connectivity index (χ3n) is 2.18. The predicted molar refractivity (Wildman–Crippen MR) is 58.0 cm³/mol. The number of hydrogen-bond donors (Lipinski definition) is 1. The summed E-state index contributed by atoms with van der Waals surface area (Å²) < 4.78 is 0. The molecule has 0 aliphatic heterocycles. The van der Waals surface area contributed by atoms with E-state index in [1.165, 1.54) is 0 Å². The molecule has 4 heteroatoms. The average Bonchev–Trinajstić information content (AvgIpc) is 2.31. The lowest BCUT2D eigenvalue weighted by molar-refractivity contribution is 0.958. The Morgan fingerprint density at radius 3 is 2.73 bits per heavy atom. The highest BCUT2D eigenvalue weighted by Gasteiger charge is 2.04. The fraction of sp³-hybridized carbons (Fsp3) is 0.182. The van der Waals surface area contributed by atoms with Crippen LogP contribution in [0.5, 0.6) is 0 Å². The van der Waals surface area contributed by atoms with Crippen LogP contribution in [0.3, 0.4) is 0 Å². The van der Waals surface area contributed by atoms with E-state index in [0.717, 1.165) is 23.2 Å². The van der Waals surface area contributed by atoms with Gasteiger partial charge in [0.15, 0.2) is 0 Å². The molecule has 0 unspecified atom stereocenters. The molecule has 2 N–H and O–H groups in total. The zero-order chi connectivity index (χ0) is 10.5. The Morgan fingerprint density at radius 1 is 1.13 bits per heavy atom. The second-order valence-electron chi connectivity index (χ2n) is 3.17. The fourth-order valence-electron chi connectivity index (χ4n) is 1.48. The van der Waals surface area contributed by atoms with Crippen molar-refractivity contribution in [2.75, 3.05) is 6.54 Å². The first-order valence-corrected chi connectivity index (χ1v) is 4.81. The van der Waals surface area contributed by atoms with E-state index >= 15 is 0 Å². The first-order chi connectivity index (χ1) is 7.42. The number of hydrogen-bond acceptors (Lipinski definition) is 4. The molecule has 15 heavy (non-hydrogen) atoms. The van der Waals surface area contributed by atoms with Gasteiger partial charge in [0.25, 0.3) is 0 Å². The molecule has 0 spiro atoms. The molecule has 0 atom stereocenters. The van der Waals surface area contributed by atoms with E-state index in [-0.39, 0.29) is 0 Å². The average molecular weight is 200 g/mol. The van der Waals surface area contributed by atoms with Crippen LogP contribution in [0.4, 0.5) is 0 Å². The summed E-state index contributed by atoms with van der Waals surface area (Å²) in [4.78, 5) is 12.2. The van der Waals surface area contributed by atoms with Gasteiger partial charge in [-0.2, -0.15) is 0 Å². The van der Waals surface area contributed by atoms with Crippen molar-refractivity contribution in [2.45, 2.75) is 6.42 Å². The Bertz CT molecular complexity index is 428. The second kappa shape index (κ2) is 4.61. The Balaban J connectivity index is 2.43. The van der Waals surface area contributed by atoms with Crippen molar-refractivity contribution in [3.8, 4) is 11.3 Å². The molecule has 2 heterocycles. The highest BCUT2D eigenvalue weighted by Crippen LogP contribution is 2.19. The van der Waals surface area contributed by atoms with Crippen LogP contribution < -0.4 is 5.73 Å². The van der Waals surface area contributed by atoms with Gasteiger partial charge in [-0.05, 0) is 30.7 Å². The minimum absolute atomic E-state index is 0.615. The van der Waals surface area contributed by atoms with Gasteiger partial charge in [0.05, 0.1) is 5.69 Å². The third kappa shape index (κ3) is 2.16. The number of aromatic nitrogens is 3. The van der Waals surface area contributed by atoms with E-state index in [2.05, 4.69) is 15.0 Å². The molecule has 0 aromatic carbocycles. The number of pyridine rings is 1. The van der Waals surface area contributed by atoms with Crippen LogP contribution in [0.1, 0.15) is 5.56 Å². The van der Waals surface area contributed by atoms with E-state index in [0.29, 0.717) is 6.54 Å². The van der Waals surface area contributed by atoms with E-state index in [1.54, 1.807) is 18.7 Å². The van der Waals surface area contributed by atoms with Crippen molar-refractivity contribution in [1.82, 2.24) is 15.0 Å². The van der Waals surface area contributed by atoms with Gasteiger partial charge in [0.1, 0.15) is 6.33 Å². The van der Waals surface area contributed by atoms with Gasteiger partial charge < -0.3 is 5.73 Å². The SMILES string of the molecule is NCCc1cnccc1-c1ccncn1. The molecule has 0 radical (unpaired) electrons. The quantitative estimate of drug-likeness (QED) is 0.804. The molecule has 0 saturated carbocycles. The minimum atomic E-state index is 0.615. The molecule has 2 rings (SSSR count). The lowest BCUT2D eigenvalue weighted by Crippen LogP contribution is -2.04. The van der Waals surface area contributed by atoms with Gasteiger partial charge >= 0.3 is 0 Å². The van der Waals surface area contributed by atoms with E-state index in [4.69, 9.17) is 5.73 Å². The molecule has 0 saturated heterocycles. The lowest BCUT2D eigenvalue weighted by Gasteiger charge is -2.06. The molecule has 0 bridgehead atoms. The van der Waals surface area contributed by atoms with Crippen molar-refractivity contribution in [3.05, 3.63) is 42.6 Å². The summed E-state index contributed by atoms with van der Waals surface area (Å²) in [6, 6.07) is 3.84. The largest absolute Gasteiger partial charge is 0.330 e. The number of nitrogens with two attached hydrogens (primary N) is 1. The standard InChI is InChI=1S/C11H12N4/c12-4-1-9-7-13-5-2-10(9)11-3-6-14-8-15-11/h2-3,5-8H,1,4,12H2. The maximum atomic E-state index is 5.55. The fourth-order valence-corrected chi connectivity index (χ4v) is 1.48. The van der Waals surface area contributed by atoms with Crippen LogP contribution >= 0.6 is 0 Å². The maximum absolute atomic E-state index is 5.55. The first-order valence-electron chi connectivity index (χ1n) is 4.81. The van der Waals surface area contributed by atoms with E-state index in [9.17, 15) is 0 Å². The Hall–Kier alpha value is -1.81. The molecular weight excluding hydrogens is 188 g/mol. The third-order valence-corrected chi connectivity index (χ3v) is 2.18. The molecule has 4 nitrogen and oxygen atoms in total. The van der Waals surface area contributed by atoms with Gasteiger partial charge in [-0.1, -0.05) is 0 Å². The molecule has 0 aliphatic carbocycles. The highest BCUT2D eigenvalue weighted by molar-refractivity contribution is 5.62. The molecule has 0 amide bonds. The van der Waals surface area contributed by atoms with Gasteiger partial charge in [-0.3, -0.25) is 4.98 Å². The number of rotatable bonds is 3. The van der Waals surface area contributed by atoms with Crippen LogP contribution in [0.2, 0.25) is 0 Å². The molecule has 0 fully saturated rings.